The predicted octanol–water partition coefficient (Wildman–Crippen LogP) is 2.80. The van der Waals surface area contributed by atoms with Crippen LogP contribution in [0, 0.1) is 5.92 Å². The first-order chi connectivity index (χ1) is 10.4. The summed E-state index contributed by atoms with van der Waals surface area (Å²) in [6.45, 7) is 13.7. The molecule has 0 fully saturated rings. The van der Waals surface area contributed by atoms with Crippen molar-refractivity contribution in [2.24, 2.45) is 5.92 Å². The number of hydrogen-bond acceptors (Lipinski definition) is 6. The van der Waals surface area contributed by atoms with E-state index in [1.807, 2.05) is 0 Å². The van der Waals surface area contributed by atoms with Crippen LogP contribution in [0.25, 0.3) is 0 Å². The first-order valence-corrected chi connectivity index (χ1v) is 7.58. The molecule has 0 aliphatic heterocycles. The lowest BCUT2D eigenvalue weighted by atomic mass is 10.0. The third-order valence-electron chi connectivity index (χ3n) is 2.38. The van der Waals surface area contributed by atoms with Crippen LogP contribution in [0.3, 0.4) is 0 Å². The van der Waals surface area contributed by atoms with Crippen LogP contribution in [0.2, 0.25) is 0 Å². The molecule has 6 nitrogen and oxygen atoms in total. The number of ether oxygens (including phenoxy) is 3. The molecular formula is C17H28O6. The van der Waals surface area contributed by atoms with E-state index in [2.05, 4.69) is 6.58 Å². The molecule has 0 saturated heterocycles. The van der Waals surface area contributed by atoms with Gasteiger partial charge < -0.3 is 14.2 Å². The van der Waals surface area contributed by atoms with E-state index in [0.717, 1.165) is 0 Å². The van der Waals surface area contributed by atoms with E-state index in [9.17, 15) is 14.4 Å². The quantitative estimate of drug-likeness (QED) is 0.309. The lowest BCUT2D eigenvalue weighted by molar-refractivity contribution is -0.174. The number of hydrogen-bond donors (Lipinski definition) is 0. The van der Waals surface area contributed by atoms with Gasteiger partial charge in [0.1, 0.15) is 17.8 Å². The standard InChI is InChI=1S/C17H28O6/c1-8-11-21-13(18)10-9-12(14(19)22-16(2,3)4)15(20)23-17(5,6)7/h8,12H,1,9-11H2,2-7H3. The Hall–Kier alpha value is -1.85. The van der Waals surface area contributed by atoms with Crippen molar-refractivity contribution < 1.29 is 28.6 Å². The molecule has 0 saturated carbocycles. The van der Waals surface area contributed by atoms with Gasteiger partial charge in [-0.25, -0.2) is 0 Å². The van der Waals surface area contributed by atoms with Gasteiger partial charge in [-0.05, 0) is 48.0 Å². The maximum atomic E-state index is 12.2. The predicted molar refractivity (Wildman–Crippen MR) is 85.6 cm³/mol. The minimum atomic E-state index is -1.16. The Kier molecular flexibility index (Phi) is 8.00. The van der Waals surface area contributed by atoms with Gasteiger partial charge in [-0.1, -0.05) is 12.7 Å². The lowest BCUT2D eigenvalue weighted by Gasteiger charge is -2.26. The van der Waals surface area contributed by atoms with E-state index < -0.39 is 35.0 Å². The zero-order chi connectivity index (χ0) is 18.3. The van der Waals surface area contributed by atoms with Crippen molar-refractivity contribution in [2.75, 3.05) is 6.61 Å². The van der Waals surface area contributed by atoms with Gasteiger partial charge >= 0.3 is 17.9 Å². The van der Waals surface area contributed by atoms with Crippen molar-refractivity contribution in [3.8, 4) is 0 Å². The van der Waals surface area contributed by atoms with Crippen molar-refractivity contribution in [3.63, 3.8) is 0 Å². The van der Waals surface area contributed by atoms with Crippen molar-refractivity contribution in [2.45, 2.75) is 65.6 Å². The molecule has 0 aromatic heterocycles. The molecule has 0 aliphatic rings. The molecule has 0 atom stereocenters. The first kappa shape index (κ1) is 21.1. The summed E-state index contributed by atoms with van der Waals surface area (Å²) in [5.74, 6) is -3.08. The number of carbonyl (C=O) groups excluding carboxylic acids is 3. The Bertz CT molecular complexity index is 411. The molecule has 23 heavy (non-hydrogen) atoms. The highest BCUT2D eigenvalue weighted by Crippen LogP contribution is 2.20. The van der Waals surface area contributed by atoms with Crippen molar-refractivity contribution >= 4 is 17.9 Å². The molecule has 0 bridgehead atoms. The van der Waals surface area contributed by atoms with Crippen molar-refractivity contribution in [1.29, 1.82) is 0 Å². The van der Waals surface area contributed by atoms with Crippen LogP contribution >= 0.6 is 0 Å². The van der Waals surface area contributed by atoms with Gasteiger partial charge in [-0.15, -0.1) is 0 Å². The van der Waals surface area contributed by atoms with Crippen LogP contribution in [-0.2, 0) is 28.6 Å². The average molecular weight is 328 g/mol. The minimum absolute atomic E-state index is 0.0280. The maximum Gasteiger partial charge on any atom is 0.320 e. The van der Waals surface area contributed by atoms with Crippen LogP contribution in [0.15, 0.2) is 12.7 Å². The molecule has 0 radical (unpaired) electrons. The summed E-state index contributed by atoms with van der Waals surface area (Å²) >= 11 is 0. The Balaban J connectivity index is 4.93. The fraction of sp³-hybridized carbons (Fsp3) is 0.706. The Morgan fingerprint density at radius 1 is 0.957 bits per heavy atom. The van der Waals surface area contributed by atoms with E-state index in [1.54, 1.807) is 41.5 Å². The maximum absolute atomic E-state index is 12.2. The fourth-order valence-electron chi connectivity index (χ4n) is 1.56. The van der Waals surface area contributed by atoms with Crippen molar-refractivity contribution in [1.82, 2.24) is 0 Å². The average Bonchev–Trinajstić information content (AvgIpc) is 2.32. The molecule has 6 heteroatoms. The molecule has 0 aromatic rings. The van der Waals surface area contributed by atoms with E-state index >= 15 is 0 Å². The Morgan fingerprint density at radius 2 is 1.39 bits per heavy atom. The summed E-state index contributed by atoms with van der Waals surface area (Å²) in [4.78, 5) is 36.0. The van der Waals surface area contributed by atoms with Gasteiger partial charge in [0.25, 0.3) is 0 Å². The second-order valence-corrected chi connectivity index (χ2v) is 7.13. The SMILES string of the molecule is C=CCOC(=O)CCC(C(=O)OC(C)(C)C)C(=O)OC(C)(C)C. The van der Waals surface area contributed by atoms with Gasteiger partial charge in [0.15, 0.2) is 5.92 Å². The van der Waals surface area contributed by atoms with Gasteiger partial charge in [0.2, 0.25) is 0 Å². The summed E-state index contributed by atoms with van der Waals surface area (Å²) < 4.78 is 15.3. The molecule has 0 aliphatic carbocycles. The Labute approximate surface area is 138 Å². The first-order valence-electron chi connectivity index (χ1n) is 7.58. The molecule has 0 N–H and O–H groups in total. The topological polar surface area (TPSA) is 78.9 Å². The zero-order valence-electron chi connectivity index (χ0n) is 14.9. The van der Waals surface area contributed by atoms with E-state index in [4.69, 9.17) is 14.2 Å². The van der Waals surface area contributed by atoms with E-state index in [1.165, 1.54) is 6.08 Å². The van der Waals surface area contributed by atoms with Gasteiger partial charge in [0, 0.05) is 6.42 Å². The number of carbonyl (C=O) groups is 3. The normalized spacial score (nSPS) is 11.8. The highest BCUT2D eigenvalue weighted by Gasteiger charge is 2.35. The summed E-state index contributed by atoms with van der Waals surface area (Å²) in [6.07, 6.45) is 1.33. The zero-order valence-corrected chi connectivity index (χ0v) is 14.9. The monoisotopic (exact) mass is 328 g/mol. The third kappa shape index (κ3) is 10.5. The summed E-state index contributed by atoms with van der Waals surface area (Å²) in [7, 11) is 0. The van der Waals surface area contributed by atoms with E-state index in [0.29, 0.717) is 0 Å². The van der Waals surface area contributed by atoms with Crippen LogP contribution < -0.4 is 0 Å². The van der Waals surface area contributed by atoms with Crippen LogP contribution in [0.5, 0.6) is 0 Å². The number of rotatable bonds is 7. The summed E-state index contributed by atoms with van der Waals surface area (Å²) in [5, 5.41) is 0. The van der Waals surface area contributed by atoms with E-state index in [-0.39, 0.29) is 19.4 Å². The highest BCUT2D eigenvalue weighted by atomic mass is 16.6. The molecule has 0 amide bonds. The van der Waals surface area contributed by atoms with Gasteiger partial charge in [0.05, 0.1) is 0 Å². The largest absolute Gasteiger partial charge is 0.461 e. The molecule has 0 unspecified atom stereocenters. The molecule has 0 aromatic carbocycles. The van der Waals surface area contributed by atoms with Crippen LogP contribution in [0.4, 0.5) is 0 Å². The minimum Gasteiger partial charge on any atom is -0.461 e. The fourth-order valence-corrected chi connectivity index (χ4v) is 1.56. The molecule has 0 heterocycles. The smallest absolute Gasteiger partial charge is 0.320 e. The summed E-state index contributed by atoms with van der Waals surface area (Å²) in [6, 6.07) is 0. The molecule has 0 rings (SSSR count). The van der Waals surface area contributed by atoms with Crippen LogP contribution in [0.1, 0.15) is 54.4 Å². The molecule has 0 spiro atoms. The van der Waals surface area contributed by atoms with Crippen molar-refractivity contribution in [3.05, 3.63) is 12.7 Å². The molecule has 132 valence electrons. The summed E-state index contributed by atoms with van der Waals surface area (Å²) in [5.41, 5.74) is -1.47. The number of esters is 3. The second-order valence-electron chi connectivity index (χ2n) is 7.13. The van der Waals surface area contributed by atoms with Gasteiger partial charge in [-0.3, -0.25) is 14.4 Å². The Morgan fingerprint density at radius 3 is 1.74 bits per heavy atom. The van der Waals surface area contributed by atoms with Gasteiger partial charge in [-0.2, -0.15) is 0 Å². The third-order valence-corrected chi connectivity index (χ3v) is 2.38. The second kappa shape index (κ2) is 8.70. The lowest BCUT2D eigenvalue weighted by Crippen LogP contribution is -2.37. The highest BCUT2D eigenvalue weighted by molar-refractivity contribution is 5.95. The molecular weight excluding hydrogens is 300 g/mol. The van der Waals surface area contributed by atoms with Crippen LogP contribution in [-0.4, -0.2) is 35.7 Å².